The van der Waals surface area contributed by atoms with E-state index >= 15 is 0 Å². The molecule has 0 amide bonds. The molecular weight excluding hydrogens is 286 g/mol. The number of sulfonamides is 1. The van der Waals surface area contributed by atoms with E-state index in [1.54, 1.807) is 0 Å². The molecule has 0 fully saturated rings. The van der Waals surface area contributed by atoms with Crippen LogP contribution in [0.2, 0.25) is 0 Å². The molecule has 0 aliphatic carbocycles. The van der Waals surface area contributed by atoms with Gasteiger partial charge in [-0.2, -0.15) is 9.40 Å². The number of rotatable bonds is 8. The minimum atomic E-state index is -3.67. The van der Waals surface area contributed by atoms with Crippen molar-refractivity contribution in [3.63, 3.8) is 0 Å². The Hall–Kier alpha value is -1.45. The smallest absolute Gasteiger partial charge is 0.325 e. The second-order valence-corrected chi connectivity index (χ2v) is 6.56. The third-order valence-corrected chi connectivity index (χ3v) is 4.28. The minimum Gasteiger partial charge on any atom is -0.480 e. The Balaban J connectivity index is 2.72. The Bertz CT molecular complexity index is 552. The molecule has 0 atom stereocenters. The first-order valence-electron chi connectivity index (χ1n) is 6.05. The SMILES string of the molecule is CC(C)OCCN(C)S(=O)(=O)c1cnn(CC(=O)O)c1. The fourth-order valence-corrected chi connectivity index (χ4v) is 2.53. The van der Waals surface area contributed by atoms with Crippen LogP contribution in [0, 0.1) is 0 Å². The van der Waals surface area contributed by atoms with E-state index < -0.39 is 16.0 Å². The minimum absolute atomic E-state index is 0.0319. The Kier molecular flexibility index (Phi) is 5.66. The van der Waals surface area contributed by atoms with Gasteiger partial charge in [-0.25, -0.2) is 8.42 Å². The molecule has 8 nitrogen and oxygen atoms in total. The summed E-state index contributed by atoms with van der Waals surface area (Å²) in [4.78, 5) is 10.5. The highest BCUT2D eigenvalue weighted by molar-refractivity contribution is 7.89. The molecule has 20 heavy (non-hydrogen) atoms. The van der Waals surface area contributed by atoms with Crippen molar-refractivity contribution in [1.29, 1.82) is 0 Å². The molecule has 9 heteroatoms. The first-order valence-corrected chi connectivity index (χ1v) is 7.49. The molecule has 0 aliphatic heterocycles. The lowest BCUT2D eigenvalue weighted by molar-refractivity contribution is -0.137. The van der Waals surface area contributed by atoms with Gasteiger partial charge in [0.2, 0.25) is 10.0 Å². The van der Waals surface area contributed by atoms with E-state index in [0.29, 0.717) is 0 Å². The lowest BCUT2D eigenvalue weighted by Gasteiger charge is -2.16. The zero-order valence-electron chi connectivity index (χ0n) is 11.7. The van der Waals surface area contributed by atoms with Crippen LogP contribution < -0.4 is 0 Å². The molecule has 0 saturated carbocycles. The van der Waals surface area contributed by atoms with Crippen molar-refractivity contribution in [3.05, 3.63) is 12.4 Å². The van der Waals surface area contributed by atoms with Crippen molar-refractivity contribution >= 4 is 16.0 Å². The number of aliphatic carboxylic acids is 1. The topological polar surface area (TPSA) is 102 Å². The number of nitrogens with zero attached hydrogens (tertiary/aromatic N) is 3. The largest absolute Gasteiger partial charge is 0.480 e. The molecule has 0 bridgehead atoms. The van der Waals surface area contributed by atoms with Crippen LogP contribution in [0.1, 0.15) is 13.8 Å². The number of carbonyl (C=O) groups is 1. The second kappa shape index (κ2) is 6.82. The van der Waals surface area contributed by atoms with Crippen LogP contribution in [0.3, 0.4) is 0 Å². The summed E-state index contributed by atoms with van der Waals surface area (Å²) in [6.07, 6.45) is 2.37. The number of aromatic nitrogens is 2. The molecule has 1 N–H and O–H groups in total. The van der Waals surface area contributed by atoms with E-state index in [9.17, 15) is 13.2 Å². The van der Waals surface area contributed by atoms with Gasteiger partial charge in [0.1, 0.15) is 11.4 Å². The zero-order valence-corrected chi connectivity index (χ0v) is 12.5. The van der Waals surface area contributed by atoms with Crippen LogP contribution >= 0.6 is 0 Å². The van der Waals surface area contributed by atoms with Gasteiger partial charge < -0.3 is 9.84 Å². The standard InChI is InChI=1S/C11H19N3O5S/c1-9(2)19-5-4-13(3)20(17,18)10-6-12-14(7-10)8-11(15)16/h6-7,9H,4-5,8H2,1-3H3,(H,15,16). The Morgan fingerprint density at radius 3 is 2.75 bits per heavy atom. The van der Waals surface area contributed by atoms with Gasteiger partial charge in [-0.05, 0) is 13.8 Å². The summed E-state index contributed by atoms with van der Waals surface area (Å²) in [7, 11) is -2.24. The summed E-state index contributed by atoms with van der Waals surface area (Å²) in [6.45, 7) is 3.85. The van der Waals surface area contributed by atoms with Crippen molar-refractivity contribution in [3.8, 4) is 0 Å². The van der Waals surface area contributed by atoms with E-state index in [-0.39, 0.29) is 30.7 Å². The molecule has 1 aromatic heterocycles. The maximum absolute atomic E-state index is 12.2. The molecule has 0 spiro atoms. The molecule has 0 unspecified atom stereocenters. The normalized spacial score (nSPS) is 12.2. The van der Waals surface area contributed by atoms with Gasteiger partial charge in [0.25, 0.3) is 0 Å². The number of likely N-dealkylation sites (N-methyl/N-ethyl adjacent to an activating group) is 1. The predicted octanol–water partition coefficient (Wildman–Crippen LogP) is 0.0132. The average molecular weight is 305 g/mol. The number of hydrogen-bond acceptors (Lipinski definition) is 5. The first kappa shape index (κ1) is 16.6. The number of hydrogen-bond donors (Lipinski definition) is 1. The molecular formula is C11H19N3O5S. The van der Waals surface area contributed by atoms with E-state index in [0.717, 1.165) is 15.2 Å². The van der Waals surface area contributed by atoms with Gasteiger partial charge in [0.05, 0.1) is 18.9 Å². The van der Waals surface area contributed by atoms with Crippen LogP contribution in [-0.4, -0.2) is 59.9 Å². The van der Waals surface area contributed by atoms with Crippen molar-refractivity contribution in [2.75, 3.05) is 20.2 Å². The maximum atomic E-state index is 12.2. The molecule has 1 rings (SSSR count). The summed E-state index contributed by atoms with van der Waals surface area (Å²) < 4.78 is 31.9. The molecule has 0 saturated heterocycles. The van der Waals surface area contributed by atoms with Gasteiger partial charge >= 0.3 is 5.97 Å². The number of carboxylic acid groups (broad SMARTS) is 1. The molecule has 0 aromatic carbocycles. The number of carboxylic acids is 1. The highest BCUT2D eigenvalue weighted by Gasteiger charge is 2.22. The monoisotopic (exact) mass is 305 g/mol. The first-order chi connectivity index (χ1) is 9.23. The third kappa shape index (κ3) is 4.58. The summed E-state index contributed by atoms with van der Waals surface area (Å²) in [5.41, 5.74) is 0. The van der Waals surface area contributed by atoms with E-state index in [4.69, 9.17) is 9.84 Å². The molecule has 114 valence electrons. The second-order valence-electron chi connectivity index (χ2n) is 4.51. The van der Waals surface area contributed by atoms with Crippen molar-refractivity contribution in [2.24, 2.45) is 0 Å². The summed E-state index contributed by atoms with van der Waals surface area (Å²) in [6, 6.07) is 0. The number of ether oxygens (including phenoxy) is 1. The molecule has 1 aromatic rings. The summed E-state index contributed by atoms with van der Waals surface area (Å²) in [5, 5.41) is 12.3. The van der Waals surface area contributed by atoms with Gasteiger partial charge in [-0.1, -0.05) is 0 Å². The maximum Gasteiger partial charge on any atom is 0.325 e. The quantitative estimate of drug-likeness (QED) is 0.726. The average Bonchev–Trinajstić information content (AvgIpc) is 2.76. The van der Waals surface area contributed by atoms with Gasteiger partial charge in [-0.15, -0.1) is 0 Å². The Morgan fingerprint density at radius 1 is 1.55 bits per heavy atom. The predicted molar refractivity (Wildman–Crippen MR) is 70.8 cm³/mol. The molecule has 0 radical (unpaired) electrons. The van der Waals surface area contributed by atoms with Gasteiger partial charge in [0.15, 0.2) is 0 Å². The van der Waals surface area contributed by atoms with Crippen molar-refractivity contribution in [1.82, 2.24) is 14.1 Å². The molecule has 0 aliphatic rings. The van der Waals surface area contributed by atoms with Gasteiger partial charge in [-0.3, -0.25) is 9.48 Å². The fourth-order valence-electron chi connectivity index (χ4n) is 1.42. The molecule has 1 heterocycles. The van der Waals surface area contributed by atoms with Crippen molar-refractivity contribution < 1.29 is 23.1 Å². The summed E-state index contributed by atoms with van der Waals surface area (Å²) >= 11 is 0. The van der Waals surface area contributed by atoms with E-state index in [1.165, 1.54) is 13.2 Å². The summed E-state index contributed by atoms with van der Waals surface area (Å²) in [5.74, 6) is -1.09. The van der Waals surface area contributed by atoms with Crippen LogP contribution in [-0.2, 0) is 26.1 Å². The highest BCUT2D eigenvalue weighted by Crippen LogP contribution is 2.12. The van der Waals surface area contributed by atoms with E-state index in [2.05, 4.69) is 5.10 Å². The third-order valence-electron chi connectivity index (χ3n) is 2.47. The van der Waals surface area contributed by atoms with Crippen molar-refractivity contribution in [2.45, 2.75) is 31.4 Å². The van der Waals surface area contributed by atoms with Crippen LogP contribution in [0.5, 0.6) is 0 Å². The Labute approximate surface area is 118 Å². The van der Waals surface area contributed by atoms with Crippen LogP contribution in [0.4, 0.5) is 0 Å². The van der Waals surface area contributed by atoms with Crippen LogP contribution in [0.15, 0.2) is 17.3 Å². The Morgan fingerprint density at radius 2 is 2.20 bits per heavy atom. The zero-order chi connectivity index (χ0) is 15.3. The lowest BCUT2D eigenvalue weighted by Crippen LogP contribution is -2.30. The van der Waals surface area contributed by atoms with Crippen LogP contribution in [0.25, 0.3) is 0 Å². The fraction of sp³-hybridized carbons (Fsp3) is 0.636. The van der Waals surface area contributed by atoms with Gasteiger partial charge in [0, 0.05) is 19.8 Å². The highest BCUT2D eigenvalue weighted by atomic mass is 32.2. The van der Waals surface area contributed by atoms with E-state index in [1.807, 2.05) is 13.8 Å². The lowest BCUT2D eigenvalue weighted by atomic mass is 10.5.